The average Bonchev–Trinajstić information content (AvgIpc) is 2.59. The Morgan fingerprint density at radius 2 is 2.13 bits per heavy atom. The normalized spacial score (nSPS) is 16.2. The Kier molecular flexibility index (Phi) is 4.23. The third-order valence-corrected chi connectivity index (χ3v) is 3.84. The molecule has 0 spiro atoms. The molecule has 6 nitrogen and oxygen atoms in total. The summed E-state index contributed by atoms with van der Waals surface area (Å²) in [5.74, 6) is -0.324. The van der Waals surface area contributed by atoms with Crippen molar-refractivity contribution < 1.29 is 14.3 Å². The summed E-state index contributed by atoms with van der Waals surface area (Å²) in [7, 11) is 1.54. The molecular formula is C17H17N3O3. The van der Waals surface area contributed by atoms with Gasteiger partial charge in [-0.15, -0.1) is 0 Å². The zero-order valence-corrected chi connectivity index (χ0v) is 12.7. The third-order valence-electron chi connectivity index (χ3n) is 3.84. The highest BCUT2D eigenvalue weighted by atomic mass is 16.5. The number of nitrogens with one attached hydrogen (secondary N) is 2. The van der Waals surface area contributed by atoms with Crippen LogP contribution in [0, 0.1) is 0 Å². The molecular weight excluding hydrogens is 294 g/mol. The van der Waals surface area contributed by atoms with Crippen molar-refractivity contribution in [1.82, 2.24) is 10.3 Å². The highest BCUT2D eigenvalue weighted by Crippen LogP contribution is 2.38. The van der Waals surface area contributed by atoms with Crippen LogP contribution < -0.4 is 15.4 Å². The van der Waals surface area contributed by atoms with Crippen LogP contribution >= 0.6 is 0 Å². The van der Waals surface area contributed by atoms with Gasteiger partial charge in [-0.1, -0.05) is 12.1 Å². The van der Waals surface area contributed by atoms with Crippen LogP contribution in [0.15, 0.2) is 42.7 Å². The smallest absolute Gasteiger partial charge is 0.228 e. The molecule has 1 aliphatic rings. The molecule has 1 aliphatic heterocycles. The van der Waals surface area contributed by atoms with Gasteiger partial charge in [0.15, 0.2) is 0 Å². The first-order chi connectivity index (χ1) is 11.2. The van der Waals surface area contributed by atoms with Crippen LogP contribution in [-0.2, 0) is 16.1 Å². The first-order valence-electron chi connectivity index (χ1n) is 7.32. The summed E-state index contributed by atoms with van der Waals surface area (Å²) in [6.07, 6.45) is 3.48. The lowest BCUT2D eigenvalue weighted by molar-refractivity contribution is -0.126. The quantitative estimate of drug-likeness (QED) is 0.903. The molecule has 1 unspecified atom stereocenters. The van der Waals surface area contributed by atoms with Crippen molar-refractivity contribution >= 4 is 17.5 Å². The zero-order valence-electron chi connectivity index (χ0n) is 12.7. The van der Waals surface area contributed by atoms with Crippen molar-refractivity contribution in [2.45, 2.75) is 18.9 Å². The van der Waals surface area contributed by atoms with Crippen molar-refractivity contribution in [2.75, 3.05) is 12.4 Å². The van der Waals surface area contributed by atoms with E-state index in [4.69, 9.17) is 4.74 Å². The number of nitrogens with zero attached hydrogens (tertiary/aromatic N) is 1. The Morgan fingerprint density at radius 1 is 1.35 bits per heavy atom. The van der Waals surface area contributed by atoms with E-state index < -0.39 is 5.92 Å². The molecule has 1 aromatic heterocycles. The van der Waals surface area contributed by atoms with E-state index in [1.165, 1.54) is 7.11 Å². The Bertz CT molecular complexity index is 731. The number of carbonyl (C=O) groups is 2. The van der Waals surface area contributed by atoms with Gasteiger partial charge in [0.25, 0.3) is 0 Å². The van der Waals surface area contributed by atoms with E-state index in [9.17, 15) is 9.59 Å². The average molecular weight is 311 g/mol. The van der Waals surface area contributed by atoms with Crippen molar-refractivity contribution in [3.8, 4) is 5.75 Å². The van der Waals surface area contributed by atoms with Gasteiger partial charge in [-0.3, -0.25) is 14.6 Å². The van der Waals surface area contributed by atoms with E-state index in [-0.39, 0.29) is 18.2 Å². The second kappa shape index (κ2) is 6.48. The maximum absolute atomic E-state index is 12.5. The van der Waals surface area contributed by atoms with Gasteiger partial charge in [0.2, 0.25) is 11.8 Å². The predicted molar refractivity (Wildman–Crippen MR) is 85.1 cm³/mol. The highest BCUT2D eigenvalue weighted by molar-refractivity contribution is 6.02. The second-order valence-corrected chi connectivity index (χ2v) is 5.30. The van der Waals surface area contributed by atoms with E-state index in [2.05, 4.69) is 15.6 Å². The summed E-state index contributed by atoms with van der Waals surface area (Å²) >= 11 is 0. The molecule has 2 aromatic rings. The lowest BCUT2D eigenvalue weighted by Gasteiger charge is -2.26. The molecule has 0 radical (unpaired) electrons. The fourth-order valence-corrected chi connectivity index (χ4v) is 2.68. The van der Waals surface area contributed by atoms with Crippen LogP contribution in [-0.4, -0.2) is 23.9 Å². The van der Waals surface area contributed by atoms with E-state index in [0.717, 1.165) is 11.1 Å². The van der Waals surface area contributed by atoms with Crippen LogP contribution in [0.5, 0.6) is 5.75 Å². The van der Waals surface area contributed by atoms with E-state index in [1.807, 2.05) is 24.3 Å². The van der Waals surface area contributed by atoms with Crippen LogP contribution in [0.25, 0.3) is 0 Å². The number of para-hydroxylation sites is 1. The molecule has 2 heterocycles. The number of anilines is 1. The number of pyridine rings is 1. The van der Waals surface area contributed by atoms with Crippen molar-refractivity contribution in [3.63, 3.8) is 0 Å². The SMILES string of the molecule is COc1cccc2c1NC(=O)CC2C(=O)NCc1ccncc1. The largest absolute Gasteiger partial charge is 0.495 e. The summed E-state index contributed by atoms with van der Waals surface area (Å²) in [5, 5.41) is 5.67. The Morgan fingerprint density at radius 3 is 2.87 bits per heavy atom. The van der Waals surface area contributed by atoms with Gasteiger partial charge in [0, 0.05) is 25.4 Å². The number of carbonyl (C=O) groups excluding carboxylic acids is 2. The van der Waals surface area contributed by atoms with Crippen molar-refractivity contribution in [1.29, 1.82) is 0 Å². The van der Waals surface area contributed by atoms with E-state index in [1.54, 1.807) is 18.5 Å². The Balaban J connectivity index is 1.80. The maximum Gasteiger partial charge on any atom is 0.228 e. The maximum atomic E-state index is 12.5. The molecule has 0 aliphatic carbocycles. The van der Waals surface area contributed by atoms with Crippen LogP contribution in [0.4, 0.5) is 5.69 Å². The Hall–Kier alpha value is -2.89. The molecule has 1 atom stereocenters. The number of rotatable bonds is 4. The summed E-state index contributed by atoms with van der Waals surface area (Å²) in [4.78, 5) is 28.4. The highest BCUT2D eigenvalue weighted by Gasteiger charge is 2.32. The van der Waals surface area contributed by atoms with Gasteiger partial charge in [-0.2, -0.15) is 0 Å². The monoisotopic (exact) mass is 311 g/mol. The first kappa shape index (κ1) is 15.0. The van der Waals surface area contributed by atoms with Crippen molar-refractivity contribution in [2.24, 2.45) is 0 Å². The fraction of sp³-hybridized carbons (Fsp3) is 0.235. The minimum atomic E-state index is -0.518. The zero-order chi connectivity index (χ0) is 16.2. The molecule has 3 rings (SSSR count). The molecule has 0 saturated heterocycles. The van der Waals surface area contributed by atoms with Gasteiger partial charge in [-0.25, -0.2) is 0 Å². The number of methoxy groups -OCH3 is 1. The summed E-state index contributed by atoms with van der Waals surface area (Å²) < 4.78 is 5.26. The number of amides is 2. The molecule has 23 heavy (non-hydrogen) atoms. The lowest BCUT2D eigenvalue weighted by atomic mass is 9.89. The molecule has 2 N–H and O–H groups in total. The van der Waals surface area contributed by atoms with Gasteiger partial charge < -0.3 is 15.4 Å². The number of fused-ring (bicyclic) bond motifs is 1. The Labute approximate surface area is 133 Å². The molecule has 2 amide bonds. The van der Waals surface area contributed by atoms with Crippen LogP contribution in [0.2, 0.25) is 0 Å². The summed E-state index contributed by atoms with van der Waals surface area (Å²) in [6, 6.07) is 9.10. The second-order valence-electron chi connectivity index (χ2n) is 5.30. The summed E-state index contributed by atoms with van der Waals surface area (Å²) in [6.45, 7) is 0.402. The minimum absolute atomic E-state index is 0.127. The topological polar surface area (TPSA) is 80.3 Å². The number of ether oxygens (including phenoxy) is 1. The molecule has 1 aromatic carbocycles. The predicted octanol–water partition coefficient (Wildman–Crippen LogP) is 1.83. The molecule has 6 heteroatoms. The number of aromatic nitrogens is 1. The number of hydrogen-bond acceptors (Lipinski definition) is 4. The van der Waals surface area contributed by atoms with E-state index >= 15 is 0 Å². The van der Waals surface area contributed by atoms with E-state index in [0.29, 0.717) is 18.0 Å². The van der Waals surface area contributed by atoms with Crippen LogP contribution in [0.1, 0.15) is 23.5 Å². The van der Waals surface area contributed by atoms with Gasteiger partial charge in [0.1, 0.15) is 5.75 Å². The van der Waals surface area contributed by atoms with Crippen molar-refractivity contribution in [3.05, 3.63) is 53.9 Å². The molecule has 0 fully saturated rings. The molecule has 0 bridgehead atoms. The van der Waals surface area contributed by atoms with Gasteiger partial charge >= 0.3 is 0 Å². The fourth-order valence-electron chi connectivity index (χ4n) is 2.68. The minimum Gasteiger partial charge on any atom is -0.495 e. The summed E-state index contributed by atoms with van der Waals surface area (Å²) in [5.41, 5.74) is 2.31. The number of hydrogen-bond donors (Lipinski definition) is 2. The lowest BCUT2D eigenvalue weighted by Crippen LogP contribution is -2.34. The van der Waals surface area contributed by atoms with Crippen LogP contribution in [0.3, 0.4) is 0 Å². The first-order valence-corrected chi connectivity index (χ1v) is 7.32. The molecule has 118 valence electrons. The standard InChI is InChI=1S/C17H17N3O3/c1-23-14-4-2-3-12-13(9-15(21)20-16(12)14)17(22)19-10-11-5-7-18-8-6-11/h2-8,13H,9-10H2,1H3,(H,19,22)(H,20,21). The van der Waals surface area contributed by atoms with Gasteiger partial charge in [-0.05, 0) is 29.3 Å². The third kappa shape index (κ3) is 3.15. The molecule has 0 saturated carbocycles. The number of benzene rings is 1. The van der Waals surface area contributed by atoms with Gasteiger partial charge in [0.05, 0.1) is 18.7 Å².